The first-order valence-corrected chi connectivity index (χ1v) is 8.40. The number of likely N-dealkylation sites (tertiary alicyclic amines) is 1. The molecule has 6 heteroatoms. The van der Waals surface area contributed by atoms with Crippen LogP contribution in [0.25, 0.3) is 0 Å². The van der Waals surface area contributed by atoms with Crippen LogP contribution in [0.15, 0.2) is 0 Å². The quantitative estimate of drug-likeness (QED) is 0.794. The van der Waals surface area contributed by atoms with Crippen molar-refractivity contribution in [1.82, 2.24) is 9.80 Å². The van der Waals surface area contributed by atoms with Gasteiger partial charge in [0.2, 0.25) is 11.8 Å². The van der Waals surface area contributed by atoms with E-state index in [-0.39, 0.29) is 28.8 Å². The molecule has 3 aliphatic rings. The standard InChI is InChI=1S/C14H20N2O3S/c17-12(6-5-10-3-1-2-4-10)15-7-11(8-15)16-13(18)9-20-14(16)19/h10-11H,1-9H2. The molecule has 0 unspecified atom stereocenters. The Balaban J connectivity index is 1.41. The zero-order chi connectivity index (χ0) is 14.1. The maximum absolute atomic E-state index is 12.0. The number of imide groups is 1. The highest BCUT2D eigenvalue weighted by molar-refractivity contribution is 8.14. The molecule has 0 aromatic rings. The number of thioether (sulfide) groups is 1. The first kappa shape index (κ1) is 13.9. The Kier molecular flexibility index (Phi) is 4.01. The van der Waals surface area contributed by atoms with Crippen LogP contribution >= 0.6 is 11.8 Å². The van der Waals surface area contributed by atoms with Gasteiger partial charge in [0.25, 0.3) is 5.24 Å². The largest absolute Gasteiger partial charge is 0.338 e. The van der Waals surface area contributed by atoms with Crippen LogP contribution in [0.5, 0.6) is 0 Å². The highest BCUT2D eigenvalue weighted by Crippen LogP contribution is 2.30. The maximum atomic E-state index is 12.0. The van der Waals surface area contributed by atoms with Gasteiger partial charge in [-0.15, -0.1) is 0 Å². The Bertz CT molecular complexity index is 412. The van der Waals surface area contributed by atoms with E-state index < -0.39 is 0 Å². The molecule has 2 heterocycles. The molecule has 20 heavy (non-hydrogen) atoms. The van der Waals surface area contributed by atoms with Crippen LogP contribution in [0.2, 0.25) is 0 Å². The topological polar surface area (TPSA) is 57.7 Å². The predicted octanol–water partition coefficient (Wildman–Crippen LogP) is 1.86. The third-order valence-electron chi connectivity index (χ3n) is 4.61. The minimum absolute atomic E-state index is 0.0829. The number of rotatable bonds is 4. The van der Waals surface area contributed by atoms with Crippen molar-refractivity contribution in [2.45, 2.75) is 44.6 Å². The van der Waals surface area contributed by atoms with Gasteiger partial charge in [-0.3, -0.25) is 19.3 Å². The lowest BCUT2D eigenvalue weighted by atomic mass is 10.00. The fourth-order valence-corrected chi connectivity index (χ4v) is 4.10. The van der Waals surface area contributed by atoms with Gasteiger partial charge < -0.3 is 4.90 Å². The first-order chi connectivity index (χ1) is 9.65. The summed E-state index contributed by atoms with van der Waals surface area (Å²) in [6, 6.07) is -0.0829. The van der Waals surface area contributed by atoms with Crippen molar-refractivity contribution in [2.75, 3.05) is 18.8 Å². The molecule has 0 N–H and O–H groups in total. The Morgan fingerprint density at radius 1 is 1.20 bits per heavy atom. The molecule has 0 spiro atoms. The van der Waals surface area contributed by atoms with Gasteiger partial charge in [-0.05, 0) is 12.3 Å². The van der Waals surface area contributed by atoms with Crippen LogP contribution in [-0.2, 0) is 9.59 Å². The van der Waals surface area contributed by atoms with Gasteiger partial charge in [0.05, 0.1) is 11.8 Å². The zero-order valence-electron chi connectivity index (χ0n) is 11.5. The van der Waals surface area contributed by atoms with E-state index in [0.717, 1.165) is 24.1 Å². The fraction of sp³-hybridized carbons (Fsp3) is 0.786. The van der Waals surface area contributed by atoms with Crippen LogP contribution in [0.3, 0.4) is 0 Å². The van der Waals surface area contributed by atoms with E-state index >= 15 is 0 Å². The van der Waals surface area contributed by atoms with Gasteiger partial charge in [0.15, 0.2) is 0 Å². The fourth-order valence-electron chi connectivity index (χ4n) is 3.32. The molecule has 5 nitrogen and oxygen atoms in total. The molecule has 2 aliphatic heterocycles. The van der Waals surface area contributed by atoms with Crippen molar-refractivity contribution in [2.24, 2.45) is 5.92 Å². The van der Waals surface area contributed by atoms with Gasteiger partial charge in [0.1, 0.15) is 0 Å². The third kappa shape index (κ3) is 2.71. The SMILES string of the molecule is O=C(CCC1CCCC1)N1CC(N2C(=O)CSC2=O)C1. The van der Waals surface area contributed by atoms with E-state index in [4.69, 9.17) is 0 Å². The Morgan fingerprint density at radius 2 is 1.90 bits per heavy atom. The minimum atomic E-state index is -0.155. The second kappa shape index (κ2) is 5.76. The third-order valence-corrected chi connectivity index (χ3v) is 5.44. The summed E-state index contributed by atoms with van der Waals surface area (Å²) < 4.78 is 0. The van der Waals surface area contributed by atoms with Crippen LogP contribution in [0, 0.1) is 5.92 Å². The molecule has 3 fully saturated rings. The Morgan fingerprint density at radius 3 is 2.50 bits per heavy atom. The van der Waals surface area contributed by atoms with Crippen molar-refractivity contribution in [3.8, 4) is 0 Å². The predicted molar refractivity (Wildman–Crippen MR) is 76.3 cm³/mol. The highest BCUT2D eigenvalue weighted by atomic mass is 32.2. The number of nitrogens with zero attached hydrogens (tertiary/aromatic N) is 2. The Hall–Kier alpha value is -1.04. The lowest BCUT2D eigenvalue weighted by Crippen LogP contribution is -2.62. The summed E-state index contributed by atoms with van der Waals surface area (Å²) in [6.07, 6.45) is 6.77. The number of amides is 3. The van der Waals surface area contributed by atoms with Gasteiger partial charge in [0, 0.05) is 19.5 Å². The summed E-state index contributed by atoms with van der Waals surface area (Å²) in [5.74, 6) is 1.06. The van der Waals surface area contributed by atoms with Gasteiger partial charge in [-0.1, -0.05) is 37.4 Å². The average Bonchev–Trinajstić information content (AvgIpc) is 2.99. The summed E-state index contributed by atoms with van der Waals surface area (Å²) in [4.78, 5) is 38.3. The van der Waals surface area contributed by atoms with E-state index in [1.807, 2.05) is 0 Å². The molecule has 0 radical (unpaired) electrons. The van der Waals surface area contributed by atoms with Crippen LogP contribution in [-0.4, -0.2) is 51.7 Å². The molecule has 1 aliphatic carbocycles. The van der Waals surface area contributed by atoms with E-state index in [9.17, 15) is 14.4 Å². The number of hydrogen-bond donors (Lipinski definition) is 0. The molecular weight excluding hydrogens is 276 g/mol. The van der Waals surface area contributed by atoms with Crippen molar-refractivity contribution in [3.05, 3.63) is 0 Å². The summed E-state index contributed by atoms with van der Waals surface area (Å²) in [7, 11) is 0. The number of carbonyl (C=O) groups is 3. The van der Waals surface area contributed by atoms with Gasteiger partial charge in [-0.25, -0.2) is 0 Å². The van der Waals surface area contributed by atoms with Crippen molar-refractivity contribution >= 4 is 28.8 Å². The van der Waals surface area contributed by atoms with E-state index in [2.05, 4.69) is 0 Å². The van der Waals surface area contributed by atoms with E-state index in [1.165, 1.54) is 30.6 Å². The van der Waals surface area contributed by atoms with Crippen molar-refractivity contribution < 1.29 is 14.4 Å². The zero-order valence-corrected chi connectivity index (χ0v) is 12.4. The van der Waals surface area contributed by atoms with Crippen LogP contribution < -0.4 is 0 Å². The molecule has 2 saturated heterocycles. The summed E-state index contributed by atoms with van der Waals surface area (Å²) in [5.41, 5.74) is 0. The smallest absolute Gasteiger partial charge is 0.289 e. The van der Waals surface area contributed by atoms with E-state index in [0.29, 0.717) is 19.5 Å². The monoisotopic (exact) mass is 296 g/mol. The molecule has 0 bridgehead atoms. The van der Waals surface area contributed by atoms with E-state index in [1.54, 1.807) is 4.90 Å². The normalized spacial score (nSPS) is 24.6. The second-order valence-electron chi connectivity index (χ2n) is 5.96. The minimum Gasteiger partial charge on any atom is -0.338 e. The molecule has 0 aromatic heterocycles. The number of carbonyl (C=O) groups excluding carboxylic acids is 3. The van der Waals surface area contributed by atoms with Crippen molar-refractivity contribution in [1.29, 1.82) is 0 Å². The summed E-state index contributed by atoms with van der Waals surface area (Å²) >= 11 is 1.06. The molecule has 3 rings (SSSR count). The maximum Gasteiger partial charge on any atom is 0.289 e. The second-order valence-corrected chi connectivity index (χ2v) is 6.89. The van der Waals surface area contributed by atoms with Crippen LogP contribution in [0.4, 0.5) is 4.79 Å². The lowest BCUT2D eigenvalue weighted by Gasteiger charge is -2.42. The molecule has 0 aromatic carbocycles. The molecule has 3 amide bonds. The number of hydrogen-bond acceptors (Lipinski definition) is 4. The summed E-state index contributed by atoms with van der Waals surface area (Å²) in [5, 5.41) is -0.155. The van der Waals surface area contributed by atoms with Gasteiger partial charge >= 0.3 is 0 Å². The molecule has 1 saturated carbocycles. The van der Waals surface area contributed by atoms with Crippen molar-refractivity contribution in [3.63, 3.8) is 0 Å². The highest BCUT2D eigenvalue weighted by Gasteiger charge is 2.43. The molecular formula is C14H20N2O3S. The molecule has 0 atom stereocenters. The first-order valence-electron chi connectivity index (χ1n) is 7.41. The molecule has 110 valence electrons. The lowest BCUT2D eigenvalue weighted by molar-refractivity contribution is -0.142. The van der Waals surface area contributed by atoms with Gasteiger partial charge in [-0.2, -0.15) is 0 Å². The Labute approximate surface area is 123 Å². The van der Waals surface area contributed by atoms with Crippen LogP contribution in [0.1, 0.15) is 38.5 Å². The average molecular weight is 296 g/mol. The summed E-state index contributed by atoms with van der Waals surface area (Å²) in [6.45, 7) is 1.06.